The molecule has 0 saturated heterocycles. The van der Waals surface area contributed by atoms with Crippen LogP contribution >= 0.6 is 23.1 Å². The van der Waals surface area contributed by atoms with Crippen molar-refractivity contribution in [2.45, 2.75) is 0 Å². The Kier molecular flexibility index (Phi) is 5.55. The highest BCUT2D eigenvalue weighted by Crippen LogP contribution is 2.21. The van der Waals surface area contributed by atoms with E-state index in [1.807, 2.05) is 12.1 Å². The minimum Gasteiger partial charge on any atom is -0.497 e. The molecule has 3 rings (SSSR count). The first kappa shape index (κ1) is 18.0. The van der Waals surface area contributed by atoms with Gasteiger partial charge in [0.1, 0.15) is 11.5 Å². The van der Waals surface area contributed by atoms with E-state index < -0.39 is 5.69 Å². The SMILES string of the molecule is COc1cc(/C=N/Nc2nc(=O)n(-c3ccc(Cl)cc3)s2)cc(OC)c1. The van der Waals surface area contributed by atoms with Gasteiger partial charge in [0.2, 0.25) is 5.13 Å². The van der Waals surface area contributed by atoms with E-state index in [9.17, 15) is 4.79 Å². The predicted molar refractivity (Wildman–Crippen MR) is 103 cm³/mol. The fraction of sp³-hybridized carbons (Fsp3) is 0.118. The van der Waals surface area contributed by atoms with Gasteiger partial charge in [-0.15, -0.1) is 0 Å². The second kappa shape index (κ2) is 8.03. The van der Waals surface area contributed by atoms with Crippen LogP contribution in [-0.4, -0.2) is 29.4 Å². The molecule has 7 nitrogen and oxygen atoms in total. The minimum atomic E-state index is -0.391. The van der Waals surface area contributed by atoms with E-state index in [0.717, 1.165) is 17.1 Å². The zero-order valence-corrected chi connectivity index (χ0v) is 15.5. The van der Waals surface area contributed by atoms with Crippen LogP contribution in [0.5, 0.6) is 11.5 Å². The van der Waals surface area contributed by atoms with Crippen LogP contribution in [0, 0.1) is 0 Å². The number of hydrogen-bond donors (Lipinski definition) is 1. The Hall–Kier alpha value is -2.84. The summed E-state index contributed by atoms with van der Waals surface area (Å²) >= 11 is 7.01. The normalized spacial score (nSPS) is 10.9. The highest BCUT2D eigenvalue weighted by molar-refractivity contribution is 7.10. The summed E-state index contributed by atoms with van der Waals surface area (Å²) in [5.41, 5.74) is 3.83. The van der Waals surface area contributed by atoms with Gasteiger partial charge in [0.15, 0.2) is 0 Å². The summed E-state index contributed by atoms with van der Waals surface area (Å²) in [7, 11) is 3.16. The van der Waals surface area contributed by atoms with E-state index in [1.165, 1.54) is 3.96 Å². The lowest BCUT2D eigenvalue weighted by atomic mass is 10.2. The van der Waals surface area contributed by atoms with Gasteiger partial charge >= 0.3 is 5.69 Å². The van der Waals surface area contributed by atoms with Crippen molar-refractivity contribution >= 4 is 34.5 Å². The summed E-state index contributed by atoms with van der Waals surface area (Å²) in [6, 6.07) is 12.3. The fourth-order valence-electron chi connectivity index (χ4n) is 2.13. The first-order valence-corrected chi connectivity index (χ1v) is 8.62. The molecule has 9 heteroatoms. The summed E-state index contributed by atoms with van der Waals surface area (Å²) < 4.78 is 11.9. The monoisotopic (exact) mass is 390 g/mol. The van der Waals surface area contributed by atoms with Crippen LogP contribution in [0.3, 0.4) is 0 Å². The van der Waals surface area contributed by atoms with Crippen molar-refractivity contribution in [1.82, 2.24) is 8.94 Å². The van der Waals surface area contributed by atoms with Crippen molar-refractivity contribution in [2.24, 2.45) is 5.10 Å². The maximum Gasteiger partial charge on any atom is 0.364 e. The van der Waals surface area contributed by atoms with Crippen LogP contribution in [0.1, 0.15) is 5.56 Å². The lowest BCUT2D eigenvalue weighted by molar-refractivity contribution is 0.394. The van der Waals surface area contributed by atoms with Gasteiger partial charge in [-0.25, -0.2) is 8.75 Å². The summed E-state index contributed by atoms with van der Waals surface area (Å²) in [5.74, 6) is 1.31. The molecule has 0 radical (unpaired) electrons. The molecule has 0 aliphatic heterocycles. The number of anilines is 1. The number of benzene rings is 2. The number of hydrazone groups is 1. The Bertz CT molecular complexity index is 960. The van der Waals surface area contributed by atoms with Crippen molar-refractivity contribution in [2.75, 3.05) is 19.6 Å². The molecular formula is C17H15ClN4O3S. The molecule has 0 amide bonds. The number of hydrogen-bond acceptors (Lipinski definition) is 7. The standard InChI is InChI=1S/C17H15ClN4O3S/c1-24-14-7-11(8-15(9-14)25-2)10-19-21-16-20-17(23)22(26-16)13-5-3-12(18)4-6-13/h3-10H,1-2H3,(H,20,21,23)/b19-10+. The van der Waals surface area contributed by atoms with E-state index >= 15 is 0 Å². The molecule has 3 aromatic rings. The molecule has 1 aromatic heterocycles. The third-order valence-electron chi connectivity index (χ3n) is 3.36. The Balaban J connectivity index is 1.76. The lowest BCUT2D eigenvalue weighted by Gasteiger charge is -2.05. The molecule has 0 bridgehead atoms. The van der Waals surface area contributed by atoms with Crippen molar-refractivity contribution in [3.05, 3.63) is 63.5 Å². The largest absolute Gasteiger partial charge is 0.497 e. The van der Waals surface area contributed by atoms with E-state index in [2.05, 4.69) is 15.5 Å². The number of methoxy groups -OCH3 is 2. The molecule has 2 aromatic carbocycles. The van der Waals surface area contributed by atoms with Gasteiger partial charge in [-0.05, 0) is 47.9 Å². The smallest absolute Gasteiger partial charge is 0.364 e. The summed E-state index contributed by atoms with van der Waals surface area (Å²) in [6.07, 6.45) is 1.59. The van der Waals surface area contributed by atoms with Crippen molar-refractivity contribution in [3.63, 3.8) is 0 Å². The lowest BCUT2D eigenvalue weighted by Crippen LogP contribution is -2.12. The maximum absolute atomic E-state index is 12.0. The number of aromatic nitrogens is 2. The van der Waals surface area contributed by atoms with Gasteiger partial charge in [0, 0.05) is 16.7 Å². The zero-order valence-electron chi connectivity index (χ0n) is 14.0. The number of rotatable bonds is 6. The Morgan fingerprint density at radius 2 is 1.81 bits per heavy atom. The van der Waals surface area contributed by atoms with Crippen LogP contribution in [0.4, 0.5) is 5.13 Å². The first-order chi connectivity index (χ1) is 12.6. The van der Waals surface area contributed by atoms with Gasteiger partial charge < -0.3 is 9.47 Å². The first-order valence-electron chi connectivity index (χ1n) is 7.47. The summed E-state index contributed by atoms with van der Waals surface area (Å²) in [5, 5.41) is 5.08. The Labute approximate surface area is 158 Å². The molecule has 0 spiro atoms. The molecule has 26 heavy (non-hydrogen) atoms. The quantitative estimate of drug-likeness (QED) is 0.515. The van der Waals surface area contributed by atoms with Crippen molar-refractivity contribution < 1.29 is 9.47 Å². The van der Waals surface area contributed by atoms with E-state index in [-0.39, 0.29) is 0 Å². The van der Waals surface area contributed by atoms with Gasteiger partial charge in [0.25, 0.3) is 0 Å². The van der Waals surface area contributed by atoms with E-state index in [4.69, 9.17) is 21.1 Å². The number of nitrogens with one attached hydrogen (secondary N) is 1. The van der Waals surface area contributed by atoms with Crippen molar-refractivity contribution in [1.29, 1.82) is 0 Å². The third kappa shape index (κ3) is 4.22. The maximum atomic E-state index is 12.0. The predicted octanol–water partition coefficient (Wildman–Crippen LogP) is 3.41. The molecule has 0 aliphatic carbocycles. The van der Waals surface area contributed by atoms with Crippen LogP contribution < -0.4 is 20.6 Å². The number of ether oxygens (including phenoxy) is 2. The summed E-state index contributed by atoms with van der Waals surface area (Å²) in [6.45, 7) is 0. The highest BCUT2D eigenvalue weighted by atomic mass is 35.5. The average molecular weight is 391 g/mol. The minimum absolute atomic E-state index is 0.371. The fourth-order valence-corrected chi connectivity index (χ4v) is 2.99. The average Bonchev–Trinajstić information content (AvgIpc) is 3.02. The van der Waals surface area contributed by atoms with Crippen LogP contribution in [0.25, 0.3) is 5.69 Å². The number of nitrogens with zero attached hydrogens (tertiary/aromatic N) is 3. The van der Waals surface area contributed by atoms with Gasteiger partial charge in [-0.3, -0.25) is 5.43 Å². The second-order valence-electron chi connectivity index (χ2n) is 5.08. The molecule has 0 atom stereocenters. The molecule has 0 fully saturated rings. The van der Waals surface area contributed by atoms with E-state index in [0.29, 0.717) is 27.3 Å². The van der Waals surface area contributed by atoms with Crippen LogP contribution in [0.15, 0.2) is 52.4 Å². The number of halogens is 1. The second-order valence-corrected chi connectivity index (χ2v) is 6.45. The van der Waals surface area contributed by atoms with Gasteiger partial charge in [-0.1, -0.05) is 11.6 Å². The molecular weight excluding hydrogens is 376 g/mol. The molecule has 0 aliphatic rings. The van der Waals surface area contributed by atoms with Crippen LogP contribution in [-0.2, 0) is 0 Å². The summed E-state index contributed by atoms with van der Waals surface area (Å²) in [4.78, 5) is 16.0. The molecule has 0 saturated carbocycles. The van der Waals surface area contributed by atoms with Gasteiger partial charge in [0.05, 0.1) is 26.1 Å². The zero-order chi connectivity index (χ0) is 18.5. The van der Waals surface area contributed by atoms with E-state index in [1.54, 1.807) is 50.8 Å². The molecule has 0 unspecified atom stereocenters. The Morgan fingerprint density at radius 1 is 1.15 bits per heavy atom. The van der Waals surface area contributed by atoms with Crippen LogP contribution in [0.2, 0.25) is 5.02 Å². The van der Waals surface area contributed by atoms with Gasteiger partial charge in [-0.2, -0.15) is 10.1 Å². The highest BCUT2D eigenvalue weighted by Gasteiger charge is 2.07. The Morgan fingerprint density at radius 3 is 2.42 bits per heavy atom. The van der Waals surface area contributed by atoms with Crippen molar-refractivity contribution in [3.8, 4) is 17.2 Å². The molecule has 1 heterocycles. The molecule has 134 valence electrons. The topological polar surface area (TPSA) is 77.7 Å². The third-order valence-corrected chi connectivity index (χ3v) is 4.51. The molecule has 1 N–H and O–H groups in total.